The van der Waals surface area contributed by atoms with Crippen molar-refractivity contribution in [2.24, 2.45) is 0 Å². The van der Waals surface area contributed by atoms with Crippen LogP contribution in [0.3, 0.4) is 0 Å². The van der Waals surface area contributed by atoms with Crippen molar-refractivity contribution in [2.45, 2.75) is 6.18 Å². The van der Waals surface area contributed by atoms with Gasteiger partial charge in [-0.15, -0.1) is 0 Å². The second kappa shape index (κ2) is 15.8. The predicted molar refractivity (Wildman–Crippen MR) is 250 cm³/mol. The Kier molecular flexibility index (Phi) is 9.39. The summed E-state index contributed by atoms with van der Waals surface area (Å²) in [7, 11) is 0. The van der Waals surface area contributed by atoms with Gasteiger partial charge in [-0.25, -0.2) is 48.7 Å². The van der Waals surface area contributed by atoms with Gasteiger partial charge in [0.05, 0.1) is 44.6 Å². The molecule has 6 aromatic carbocycles. The molecule has 0 saturated carbocycles. The Balaban J connectivity index is 1.24. The lowest BCUT2D eigenvalue weighted by atomic mass is 9.97. The largest absolute Gasteiger partial charge is 0.418 e. The first-order valence-electron chi connectivity index (χ1n) is 21.2. The van der Waals surface area contributed by atoms with Crippen LogP contribution in [0.1, 0.15) is 5.56 Å². The van der Waals surface area contributed by atoms with Crippen LogP contribution >= 0.6 is 0 Å². The van der Waals surface area contributed by atoms with E-state index in [0.29, 0.717) is 89.2 Å². The molecule has 0 fully saturated rings. The quantitative estimate of drug-likeness (QED) is 0.145. The van der Waals surface area contributed by atoms with Crippen LogP contribution in [-0.4, -0.2) is 49.0 Å². The van der Waals surface area contributed by atoms with Crippen molar-refractivity contribution in [2.75, 3.05) is 0 Å². The molecule has 6 aromatic heterocycles. The topological polar surface area (TPSA) is 113 Å². The number of halogens is 5. The molecule has 15 heteroatoms. The number of hydrogen-bond acceptors (Lipinski definition) is 8. The van der Waals surface area contributed by atoms with Crippen molar-refractivity contribution in [1.29, 1.82) is 0 Å². The van der Waals surface area contributed by atoms with E-state index in [4.69, 9.17) is 0 Å². The van der Waals surface area contributed by atoms with Gasteiger partial charge in [-0.1, -0.05) is 54.6 Å². The van der Waals surface area contributed by atoms with E-state index in [1.54, 1.807) is 127 Å². The average Bonchev–Trinajstić information content (AvgIpc) is 3.88. The molecule has 0 saturated heterocycles. The average molecular weight is 901 g/mol. The third kappa shape index (κ3) is 6.70. The first-order chi connectivity index (χ1) is 33.2. The van der Waals surface area contributed by atoms with E-state index in [-0.39, 0.29) is 11.3 Å². The number of rotatable bonds is 7. The van der Waals surface area contributed by atoms with E-state index in [9.17, 15) is 0 Å². The highest BCUT2D eigenvalue weighted by Gasteiger charge is 2.37. The Morgan fingerprint density at radius 2 is 0.676 bits per heavy atom. The van der Waals surface area contributed by atoms with Crippen LogP contribution < -0.4 is 0 Å². The molecule has 0 aliphatic heterocycles. The van der Waals surface area contributed by atoms with E-state index >= 15 is 22.0 Å². The molecule has 0 aliphatic rings. The number of benzene rings is 6. The highest BCUT2D eigenvalue weighted by atomic mass is 19.4. The molecule has 68 heavy (non-hydrogen) atoms. The van der Waals surface area contributed by atoms with Crippen LogP contribution in [-0.2, 0) is 6.18 Å². The summed E-state index contributed by atoms with van der Waals surface area (Å²) in [6.45, 7) is 0. The van der Waals surface area contributed by atoms with Crippen molar-refractivity contribution in [3.8, 4) is 68.1 Å². The number of hydrogen-bond donors (Lipinski definition) is 0. The second-order valence-electron chi connectivity index (χ2n) is 15.9. The fourth-order valence-electron chi connectivity index (χ4n) is 9.03. The van der Waals surface area contributed by atoms with Crippen LogP contribution in [0.2, 0.25) is 0 Å². The molecular formula is C53H29F5N10. The van der Waals surface area contributed by atoms with E-state index < -0.39 is 34.6 Å². The van der Waals surface area contributed by atoms with Crippen LogP contribution in [0.5, 0.6) is 0 Å². The molecule has 6 heterocycles. The highest BCUT2D eigenvalue weighted by Crippen LogP contribution is 2.47. The monoisotopic (exact) mass is 900 g/mol. The summed E-state index contributed by atoms with van der Waals surface area (Å²) in [6, 6.07) is 33.7. The molecule has 0 radical (unpaired) electrons. The molecule has 0 N–H and O–H groups in total. The summed E-state index contributed by atoms with van der Waals surface area (Å²) in [5, 5.41) is 2.49. The summed E-state index contributed by atoms with van der Waals surface area (Å²) >= 11 is 0. The number of aromatic nitrogens is 10. The highest BCUT2D eigenvalue weighted by molar-refractivity contribution is 6.13. The molecular weight excluding hydrogens is 872 g/mol. The SMILES string of the molecule is Fc1cccc(F)c1-c1cc(-n2c3cc(-c4ncccn4)ccc3c3ccc(-c4ncccn4)cc32)c(C(F)(F)F)cc1-n1c2cc(-c3ncccn3)ccc2c2ccc(-c3ncccn3)cc21. The van der Waals surface area contributed by atoms with Gasteiger partial charge >= 0.3 is 6.18 Å². The first kappa shape index (κ1) is 40.4. The molecule has 0 spiro atoms. The zero-order valence-electron chi connectivity index (χ0n) is 35.1. The molecule has 12 rings (SSSR count). The molecule has 0 unspecified atom stereocenters. The maximum absolute atomic E-state index is 16.6. The lowest BCUT2D eigenvalue weighted by Gasteiger charge is -2.22. The second-order valence-corrected chi connectivity index (χ2v) is 15.9. The Bertz CT molecular complexity index is 3700. The smallest absolute Gasteiger partial charge is 0.309 e. The number of nitrogens with zero attached hydrogens (tertiary/aromatic N) is 10. The van der Waals surface area contributed by atoms with Gasteiger partial charge in [0.15, 0.2) is 23.3 Å². The maximum atomic E-state index is 16.6. The van der Waals surface area contributed by atoms with Crippen molar-refractivity contribution in [3.05, 3.63) is 194 Å². The summed E-state index contributed by atoms with van der Waals surface area (Å²) in [5.74, 6) is -0.548. The Labute approximate surface area is 381 Å². The number of fused-ring (bicyclic) bond motifs is 6. The molecule has 0 aliphatic carbocycles. The summed E-state index contributed by atoms with van der Waals surface area (Å²) < 4.78 is 85.5. The van der Waals surface area contributed by atoms with Gasteiger partial charge in [-0.05, 0) is 72.8 Å². The summed E-state index contributed by atoms with van der Waals surface area (Å²) in [6.07, 6.45) is 7.60. The van der Waals surface area contributed by atoms with Crippen LogP contribution in [0, 0.1) is 11.6 Å². The fraction of sp³-hybridized carbons (Fsp3) is 0.0189. The molecule has 0 bridgehead atoms. The van der Waals surface area contributed by atoms with Gasteiger partial charge in [0, 0.05) is 98.9 Å². The zero-order valence-corrected chi connectivity index (χ0v) is 35.1. The number of alkyl halides is 3. The first-order valence-corrected chi connectivity index (χ1v) is 21.2. The Morgan fingerprint density at radius 3 is 1.00 bits per heavy atom. The molecule has 326 valence electrons. The van der Waals surface area contributed by atoms with Gasteiger partial charge in [-0.2, -0.15) is 13.2 Å². The minimum absolute atomic E-state index is 0.153. The fourth-order valence-corrected chi connectivity index (χ4v) is 9.03. The van der Waals surface area contributed by atoms with Crippen molar-refractivity contribution in [3.63, 3.8) is 0 Å². The minimum atomic E-state index is -5.04. The molecule has 0 atom stereocenters. The van der Waals surface area contributed by atoms with Crippen molar-refractivity contribution in [1.82, 2.24) is 49.0 Å². The van der Waals surface area contributed by atoms with Gasteiger partial charge < -0.3 is 9.13 Å². The molecule has 12 aromatic rings. The lowest BCUT2D eigenvalue weighted by Crippen LogP contribution is -2.14. The van der Waals surface area contributed by atoms with E-state index in [1.807, 2.05) is 24.3 Å². The van der Waals surface area contributed by atoms with E-state index in [2.05, 4.69) is 39.9 Å². The Morgan fingerprint density at radius 1 is 0.353 bits per heavy atom. The predicted octanol–water partition coefficient (Wildman–Crippen LogP) is 12.7. The maximum Gasteiger partial charge on any atom is 0.418 e. The van der Waals surface area contributed by atoms with Crippen LogP contribution in [0.25, 0.3) is 112 Å². The normalized spacial score (nSPS) is 11.9. The standard InChI is InChI=1S/C53H29F5N10/c54-40-6-1-7-41(55)48(40)38-28-47(68-44-26-32(51-63-20-4-21-64-51)10-14-36(44)37-15-11-33(27-45(37)68)52-65-22-5-23-66-52)39(53(56,57)58)29-46(38)67-42-24-30(49-59-16-2-17-60-49)8-12-34(42)35-13-9-31(25-43(35)67)50-61-18-3-19-62-50/h1-29H. The minimum Gasteiger partial charge on any atom is -0.309 e. The van der Waals surface area contributed by atoms with Gasteiger partial charge in [0.1, 0.15) is 11.6 Å². The van der Waals surface area contributed by atoms with E-state index in [1.165, 1.54) is 16.7 Å². The van der Waals surface area contributed by atoms with Gasteiger partial charge in [-0.3, -0.25) is 0 Å². The van der Waals surface area contributed by atoms with Crippen molar-refractivity contribution < 1.29 is 22.0 Å². The van der Waals surface area contributed by atoms with Crippen molar-refractivity contribution >= 4 is 43.6 Å². The summed E-state index contributed by atoms with van der Waals surface area (Å²) in [5.41, 5.74) is 1.39. The van der Waals surface area contributed by atoms with E-state index in [0.717, 1.165) is 18.2 Å². The lowest BCUT2D eigenvalue weighted by molar-refractivity contribution is -0.137. The summed E-state index contributed by atoms with van der Waals surface area (Å²) in [4.78, 5) is 35.4. The van der Waals surface area contributed by atoms with Gasteiger partial charge in [0.2, 0.25) is 0 Å². The van der Waals surface area contributed by atoms with Gasteiger partial charge in [0.25, 0.3) is 0 Å². The third-order valence-corrected chi connectivity index (χ3v) is 12.0. The van der Waals surface area contributed by atoms with Crippen LogP contribution in [0.4, 0.5) is 22.0 Å². The molecule has 0 amide bonds. The Hall–Kier alpha value is -9.11. The van der Waals surface area contributed by atoms with Crippen LogP contribution in [0.15, 0.2) is 177 Å². The molecule has 10 nitrogen and oxygen atoms in total. The zero-order chi connectivity index (χ0) is 46.1. The third-order valence-electron chi connectivity index (χ3n) is 12.0.